The highest BCUT2D eigenvalue weighted by atomic mass is 35.5. The summed E-state index contributed by atoms with van der Waals surface area (Å²) >= 11 is 6.00. The summed E-state index contributed by atoms with van der Waals surface area (Å²) in [7, 11) is -3.94. The molecule has 2 heterocycles. The highest BCUT2D eigenvalue weighted by molar-refractivity contribution is 7.89. The Morgan fingerprint density at radius 1 is 1.00 bits per heavy atom. The minimum atomic E-state index is -3.94. The summed E-state index contributed by atoms with van der Waals surface area (Å²) in [5.41, 5.74) is 0.971. The number of halogens is 3. The third kappa shape index (κ3) is 3.80. The average molecular weight is 444 g/mol. The van der Waals surface area contributed by atoms with Crippen molar-refractivity contribution in [3.05, 3.63) is 63.6 Å². The van der Waals surface area contributed by atoms with Crippen molar-refractivity contribution in [1.29, 1.82) is 0 Å². The first-order valence-electron chi connectivity index (χ1n) is 8.72. The lowest BCUT2D eigenvalue weighted by Gasteiger charge is -2.33. The van der Waals surface area contributed by atoms with Gasteiger partial charge >= 0.3 is 5.76 Å². The van der Waals surface area contributed by atoms with E-state index in [4.69, 9.17) is 16.0 Å². The van der Waals surface area contributed by atoms with Crippen LogP contribution in [0, 0.1) is 11.6 Å². The SMILES string of the molecule is O=c1oc2ccc(Cl)cc2n1CN1CCN(S(=O)(=O)c2ccc(F)c(F)c2)CC1. The molecule has 1 aliphatic heterocycles. The fourth-order valence-electron chi connectivity index (χ4n) is 3.27. The van der Waals surface area contributed by atoms with Gasteiger partial charge < -0.3 is 4.42 Å². The van der Waals surface area contributed by atoms with Gasteiger partial charge in [-0.05, 0) is 36.4 Å². The summed E-state index contributed by atoms with van der Waals surface area (Å²) in [4.78, 5) is 13.7. The van der Waals surface area contributed by atoms with Crippen LogP contribution in [0.2, 0.25) is 5.02 Å². The Labute approximate surface area is 169 Å². The molecule has 1 aliphatic rings. The van der Waals surface area contributed by atoms with Crippen molar-refractivity contribution >= 4 is 32.7 Å². The Balaban J connectivity index is 1.49. The number of nitrogens with zero attached hydrogens (tertiary/aromatic N) is 3. The lowest BCUT2D eigenvalue weighted by molar-refractivity contribution is 0.150. The Hall–Kier alpha value is -2.27. The van der Waals surface area contributed by atoms with Crippen LogP contribution in [-0.2, 0) is 16.7 Å². The van der Waals surface area contributed by atoms with E-state index in [9.17, 15) is 22.0 Å². The highest BCUT2D eigenvalue weighted by Gasteiger charge is 2.29. The second kappa shape index (κ2) is 7.52. The second-order valence-electron chi connectivity index (χ2n) is 6.65. The van der Waals surface area contributed by atoms with Gasteiger partial charge in [0.05, 0.1) is 17.1 Å². The van der Waals surface area contributed by atoms with E-state index in [0.717, 1.165) is 12.1 Å². The molecule has 0 radical (unpaired) electrons. The maximum absolute atomic E-state index is 13.4. The Bertz CT molecular complexity index is 1230. The fourth-order valence-corrected chi connectivity index (χ4v) is 4.87. The molecule has 1 fully saturated rings. The normalized spacial score (nSPS) is 16.5. The molecule has 0 saturated carbocycles. The third-order valence-corrected chi connectivity index (χ3v) is 6.96. The summed E-state index contributed by atoms with van der Waals surface area (Å²) in [5.74, 6) is -2.85. The van der Waals surface area contributed by atoms with E-state index in [1.807, 2.05) is 4.90 Å². The van der Waals surface area contributed by atoms with Gasteiger partial charge in [-0.3, -0.25) is 9.47 Å². The number of fused-ring (bicyclic) bond motifs is 1. The molecule has 1 aromatic heterocycles. The first-order chi connectivity index (χ1) is 13.8. The summed E-state index contributed by atoms with van der Waals surface area (Å²) in [6.45, 7) is 1.20. The second-order valence-corrected chi connectivity index (χ2v) is 9.02. The molecule has 0 spiro atoms. The zero-order valence-electron chi connectivity index (χ0n) is 15.0. The van der Waals surface area contributed by atoms with E-state index >= 15 is 0 Å². The molecule has 0 N–H and O–H groups in total. The van der Waals surface area contributed by atoms with E-state index in [-0.39, 0.29) is 24.7 Å². The molecule has 0 aliphatic carbocycles. The minimum Gasteiger partial charge on any atom is -0.408 e. The first-order valence-corrected chi connectivity index (χ1v) is 10.5. The van der Waals surface area contributed by atoms with Crippen LogP contribution < -0.4 is 5.76 Å². The van der Waals surface area contributed by atoms with Crippen molar-refractivity contribution in [2.45, 2.75) is 11.6 Å². The molecular weight excluding hydrogens is 428 g/mol. The van der Waals surface area contributed by atoms with Crippen LogP contribution in [-0.4, -0.2) is 48.4 Å². The van der Waals surface area contributed by atoms with Gasteiger partial charge in [-0.15, -0.1) is 0 Å². The van der Waals surface area contributed by atoms with Crippen LogP contribution in [0.3, 0.4) is 0 Å². The molecule has 2 aromatic carbocycles. The van der Waals surface area contributed by atoms with Gasteiger partial charge in [0.25, 0.3) is 0 Å². The lowest BCUT2D eigenvalue weighted by atomic mass is 10.3. The monoisotopic (exact) mass is 443 g/mol. The van der Waals surface area contributed by atoms with Gasteiger partial charge in [0, 0.05) is 31.2 Å². The van der Waals surface area contributed by atoms with Gasteiger partial charge in [0.15, 0.2) is 17.2 Å². The van der Waals surface area contributed by atoms with Gasteiger partial charge in [-0.2, -0.15) is 4.31 Å². The smallest absolute Gasteiger partial charge is 0.408 e. The van der Waals surface area contributed by atoms with Crippen LogP contribution in [0.5, 0.6) is 0 Å². The largest absolute Gasteiger partial charge is 0.421 e. The van der Waals surface area contributed by atoms with Crippen molar-refractivity contribution in [3.8, 4) is 0 Å². The summed E-state index contributed by atoms with van der Waals surface area (Å²) in [5, 5.41) is 0.467. The number of rotatable bonds is 4. The van der Waals surface area contributed by atoms with E-state index in [1.165, 1.54) is 8.87 Å². The number of hydrogen-bond donors (Lipinski definition) is 0. The molecule has 4 rings (SSSR count). The maximum atomic E-state index is 13.4. The average Bonchev–Trinajstić information content (AvgIpc) is 2.99. The van der Waals surface area contributed by atoms with Crippen LogP contribution in [0.1, 0.15) is 0 Å². The van der Waals surface area contributed by atoms with E-state index in [1.54, 1.807) is 18.2 Å². The summed E-state index contributed by atoms with van der Waals surface area (Å²) < 4.78 is 59.7. The molecule has 3 aromatic rings. The lowest BCUT2D eigenvalue weighted by Crippen LogP contribution is -2.49. The fraction of sp³-hybridized carbons (Fsp3) is 0.278. The zero-order valence-corrected chi connectivity index (χ0v) is 16.6. The number of piperazine rings is 1. The van der Waals surface area contributed by atoms with E-state index < -0.39 is 27.4 Å². The van der Waals surface area contributed by atoms with Gasteiger partial charge in [-0.25, -0.2) is 22.0 Å². The molecule has 0 bridgehead atoms. The zero-order chi connectivity index (χ0) is 20.8. The topological polar surface area (TPSA) is 75.8 Å². The Morgan fingerprint density at radius 2 is 1.72 bits per heavy atom. The predicted molar refractivity (Wildman–Crippen MR) is 102 cm³/mol. The Morgan fingerprint density at radius 3 is 2.41 bits per heavy atom. The number of aromatic nitrogens is 1. The molecule has 11 heteroatoms. The first kappa shape index (κ1) is 20.0. The maximum Gasteiger partial charge on any atom is 0.421 e. The molecule has 0 amide bonds. The van der Waals surface area contributed by atoms with Crippen LogP contribution in [0.25, 0.3) is 11.1 Å². The van der Waals surface area contributed by atoms with Gasteiger partial charge in [0.2, 0.25) is 10.0 Å². The van der Waals surface area contributed by atoms with Crippen molar-refractivity contribution < 1.29 is 21.6 Å². The predicted octanol–water partition coefficient (Wildman–Crippen LogP) is 2.49. The number of hydrogen-bond acceptors (Lipinski definition) is 5. The quantitative estimate of drug-likeness (QED) is 0.619. The van der Waals surface area contributed by atoms with Gasteiger partial charge in [0.1, 0.15) is 0 Å². The van der Waals surface area contributed by atoms with Crippen LogP contribution in [0.15, 0.2) is 50.5 Å². The number of oxazole rings is 1. The highest BCUT2D eigenvalue weighted by Crippen LogP contribution is 2.21. The van der Waals surface area contributed by atoms with E-state index in [2.05, 4.69) is 0 Å². The molecule has 0 atom stereocenters. The van der Waals surface area contributed by atoms with Crippen molar-refractivity contribution in [3.63, 3.8) is 0 Å². The number of sulfonamides is 1. The van der Waals surface area contributed by atoms with Crippen molar-refractivity contribution in [2.24, 2.45) is 0 Å². The molecule has 0 unspecified atom stereocenters. The number of benzene rings is 2. The van der Waals surface area contributed by atoms with Crippen LogP contribution in [0.4, 0.5) is 8.78 Å². The van der Waals surface area contributed by atoms with Crippen molar-refractivity contribution in [1.82, 2.24) is 13.8 Å². The van der Waals surface area contributed by atoms with Crippen LogP contribution >= 0.6 is 11.6 Å². The van der Waals surface area contributed by atoms with Crippen molar-refractivity contribution in [2.75, 3.05) is 26.2 Å². The third-order valence-electron chi connectivity index (χ3n) is 4.83. The van der Waals surface area contributed by atoms with Gasteiger partial charge in [-0.1, -0.05) is 11.6 Å². The molecule has 1 saturated heterocycles. The summed E-state index contributed by atoms with van der Waals surface area (Å²) in [6.07, 6.45) is 0. The Kier molecular flexibility index (Phi) is 5.19. The molecule has 154 valence electrons. The summed E-state index contributed by atoms with van der Waals surface area (Å²) in [6, 6.07) is 7.38. The minimum absolute atomic E-state index is 0.145. The van der Waals surface area contributed by atoms with E-state index in [0.29, 0.717) is 35.3 Å². The molecule has 29 heavy (non-hydrogen) atoms. The molecule has 7 nitrogen and oxygen atoms in total. The molecular formula is C18H16ClF2N3O4S. The standard InChI is InChI=1S/C18H16ClF2N3O4S/c19-12-1-4-17-16(9-12)24(18(25)28-17)11-22-5-7-23(8-6-22)29(26,27)13-2-3-14(20)15(21)10-13/h1-4,9-10H,5-8,11H2.